The molecule has 0 atom stereocenters. The van der Waals surface area contributed by atoms with E-state index in [1.807, 2.05) is 30.5 Å². The highest BCUT2D eigenvalue weighted by Crippen LogP contribution is 2.24. The highest BCUT2D eigenvalue weighted by atomic mass is 16.5. The molecule has 1 aliphatic heterocycles. The molecule has 4 rings (SSSR count). The third-order valence-corrected chi connectivity index (χ3v) is 5.52. The Morgan fingerprint density at radius 3 is 2.73 bits per heavy atom. The SMILES string of the molecule is COc1cccc(CNc2nc(OC3CCN(C)CC3)nc3c(C(C)C)cnn23)c1. The first kappa shape index (κ1) is 20.4. The van der Waals surface area contributed by atoms with Gasteiger partial charge in [0.25, 0.3) is 0 Å². The van der Waals surface area contributed by atoms with Crippen LogP contribution in [0.1, 0.15) is 43.7 Å². The number of aromatic nitrogens is 4. The second-order valence-corrected chi connectivity index (χ2v) is 8.15. The predicted octanol–water partition coefficient (Wildman–Crippen LogP) is 3.34. The van der Waals surface area contributed by atoms with E-state index in [1.54, 1.807) is 11.6 Å². The summed E-state index contributed by atoms with van der Waals surface area (Å²) >= 11 is 0. The van der Waals surface area contributed by atoms with Crippen molar-refractivity contribution < 1.29 is 9.47 Å². The summed E-state index contributed by atoms with van der Waals surface area (Å²) < 4.78 is 13.3. The van der Waals surface area contributed by atoms with Crippen molar-refractivity contribution in [3.8, 4) is 11.8 Å². The van der Waals surface area contributed by atoms with Gasteiger partial charge in [-0.15, -0.1) is 0 Å². The Hall–Kier alpha value is -2.87. The van der Waals surface area contributed by atoms with Crippen molar-refractivity contribution in [3.63, 3.8) is 0 Å². The summed E-state index contributed by atoms with van der Waals surface area (Å²) in [7, 11) is 3.81. The van der Waals surface area contributed by atoms with Gasteiger partial charge in [-0.05, 0) is 43.5 Å². The van der Waals surface area contributed by atoms with E-state index in [2.05, 4.69) is 41.2 Å². The van der Waals surface area contributed by atoms with E-state index < -0.39 is 0 Å². The number of benzene rings is 1. The number of anilines is 1. The first-order valence-corrected chi connectivity index (χ1v) is 10.5. The molecular weight excluding hydrogens is 380 g/mol. The molecular formula is C22H30N6O2. The van der Waals surface area contributed by atoms with Crippen LogP contribution in [0.5, 0.6) is 11.8 Å². The van der Waals surface area contributed by atoms with Crippen molar-refractivity contribution >= 4 is 11.6 Å². The molecule has 0 amide bonds. The van der Waals surface area contributed by atoms with Crippen molar-refractivity contribution in [3.05, 3.63) is 41.6 Å². The lowest BCUT2D eigenvalue weighted by molar-refractivity contribution is 0.105. The number of methoxy groups -OCH3 is 1. The van der Waals surface area contributed by atoms with Crippen LogP contribution in [0.25, 0.3) is 5.65 Å². The highest BCUT2D eigenvalue weighted by Gasteiger charge is 2.21. The van der Waals surface area contributed by atoms with Crippen molar-refractivity contribution in [2.45, 2.75) is 45.3 Å². The van der Waals surface area contributed by atoms with Crippen LogP contribution in [0.4, 0.5) is 5.95 Å². The summed E-state index contributed by atoms with van der Waals surface area (Å²) in [6.45, 7) is 6.92. The fourth-order valence-electron chi connectivity index (χ4n) is 3.66. The summed E-state index contributed by atoms with van der Waals surface area (Å²) in [6, 6.07) is 8.37. The van der Waals surface area contributed by atoms with Gasteiger partial charge in [0, 0.05) is 25.2 Å². The van der Waals surface area contributed by atoms with Gasteiger partial charge in [-0.1, -0.05) is 26.0 Å². The van der Waals surface area contributed by atoms with E-state index in [9.17, 15) is 0 Å². The molecule has 3 heterocycles. The second kappa shape index (κ2) is 8.87. The first-order chi connectivity index (χ1) is 14.5. The zero-order valence-corrected chi connectivity index (χ0v) is 18.1. The van der Waals surface area contributed by atoms with Crippen LogP contribution in [0, 0.1) is 0 Å². The predicted molar refractivity (Wildman–Crippen MR) is 116 cm³/mol. The number of piperidine rings is 1. The van der Waals surface area contributed by atoms with Crippen LogP contribution in [0.2, 0.25) is 0 Å². The summed E-state index contributed by atoms with van der Waals surface area (Å²) in [5.74, 6) is 1.76. The summed E-state index contributed by atoms with van der Waals surface area (Å²) in [4.78, 5) is 11.7. The zero-order valence-electron chi connectivity index (χ0n) is 18.1. The third kappa shape index (κ3) is 4.48. The molecule has 30 heavy (non-hydrogen) atoms. The molecule has 0 aliphatic carbocycles. The molecule has 0 bridgehead atoms. The molecule has 1 N–H and O–H groups in total. The largest absolute Gasteiger partial charge is 0.497 e. The van der Waals surface area contributed by atoms with Crippen molar-refractivity contribution in [2.24, 2.45) is 0 Å². The molecule has 2 aromatic heterocycles. The number of ether oxygens (including phenoxy) is 2. The maximum Gasteiger partial charge on any atom is 0.322 e. The lowest BCUT2D eigenvalue weighted by Gasteiger charge is -2.28. The van der Waals surface area contributed by atoms with E-state index in [0.29, 0.717) is 24.4 Å². The molecule has 160 valence electrons. The van der Waals surface area contributed by atoms with Gasteiger partial charge in [-0.25, -0.2) is 0 Å². The second-order valence-electron chi connectivity index (χ2n) is 8.15. The quantitative estimate of drug-likeness (QED) is 0.640. The minimum atomic E-state index is 0.139. The fraction of sp³-hybridized carbons (Fsp3) is 0.500. The standard InChI is InChI=1S/C22H30N6O2/c1-15(2)19-14-24-28-20(19)25-22(30-17-8-10-27(3)11-9-17)26-21(28)23-13-16-6-5-7-18(12-16)29-4/h5-7,12,14-15,17H,8-11,13H2,1-4H3,(H,23,25,26). The van der Waals surface area contributed by atoms with Crippen LogP contribution >= 0.6 is 0 Å². The maximum atomic E-state index is 6.20. The smallest absolute Gasteiger partial charge is 0.322 e. The van der Waals surface area contributed by atoms with Crippen molar-refractivity contribution in [1.82, 2.24) is 24.5 Å². The lowest BCUT2D eigenvalue weighted by Crippen LogP contribution is -2.36. The molecule has 3 aromatic rings. The van der Waals surface area contributed by atoms with Crippen LogP contribution < -0.4 is 14.8 Å². The van der Waals surface area contributed by atoms with E-state index in [-0.39, 0.29) is 6.10 Å². The average Bonchev–Trinajstić information content (AvgIpc) is 3.18. The minimum Gasteiger partial charge on any atom is -0.497 e. The fourth-order valence-corrected chi connectivity index (χ4v) is 3.66. The van der Waals surface area contributed by atoms with Gasteiger partial charge >= 0.3 is 6.01 Å². The van der Waals surface area contributed by atoms with E-state index >= 15 is 0 Å². The van der Waals surface area contributed by atoms with Crippen molar-refractivity contribution in [2.75, 3.05) is 32.6 Å². The number of likely N-dealkylation sites (tertiary alicyclic amines) is 1. The average molecular weight is 411 g/mol. The Bertz CT molecular complexity index is 994. The number of nitrogens with zero attached hydrogens (tertiary/aromatic N) is 5. The Kier molecular flexibility index (Phi) is 6.03. The number of fused-ring (bicyclic) bond motifs is 1. The molecule has 8 nitrogen and oxygen atoms in total. The van der Waals surface area contributed by atoms with E-state index in [0.717, 1.165) is 48.5 Å². The van der Waals surface area contributed by atoms with Crippen LogP contribution in [-0.4, -0.2) is 57.8 Å². The summed E-state index contributed by atoms with van der Waals surface area (Å²) in [5.41, 5.74) is 2.96. The van der Waals surface area contributed by atoms with Gasteiger partial charge in [-0.3, -0.25) is 0 Å². The Morgan fingerprint density at radius 1 is 1.20 bits per heavy atom. The number of hydrogen-bond donors (Lipinski definition) is 1. The molecule has 1 fully saturated rings. The number of rotatable bonds is 7. The molecule has 1 aliphatic rings. The van der Waals surface area contributed by atoms with Gasteiger partial charge in [0.2, 0.25) is 5.95 Å². The topological polar surface area (TPSA) is 76.8 Å². The molecule has 0 unspecified atom stereocenters. The minimum absolute atomic E-state index is 0.139. The van der Waals surface area contributed by atoms with E-state index in [4.69, 9.17) is 14.5 Å². The molecule has 0 saturated carbocycles. The molecule has 1 saturated heterocycles. The third-order valence-electron chi connectivity index (χ3n) is 5.52. The molecule has 1 aromatic carbocycles. The summed E-state index contributed by atoms with van der Waals surface area (Å²) in [6.07, 6.45) is 3.97. The van der Waals surface area contributed by atoms with E-state index in [1.165, 1.54) is 0 Å². The van der Waals surface area contributed by atoms with Gasteiger partial charge in [-0.2, -0.15) is 19.6 Å². The highest BCUT2D eigenvalue weighted by molar-refractivity contribution is 5.53. The van der Waals surface area contributed by atoms with Crippen LogP contribution in [0.3, 0.4) is 0 Å². The normalized spacial score (nSPS) is 15.6. The maximum absolute atomic E-state index is 6.20. The van der Waals surface area contributed by atoms with Gasteiger partial charge < -0.3 is 19.7 Å². The lowest BCUT2D eigenvalue weighted by atomic mass is 10.1. The zero-order chi connectivity index (χ0) is 21.1. The first-order valence-electron chi connectivity index (χ1n) is 10.5. The van der Waals surface area contributed by atoms with Crippen LogP contribution in [-0.2, 0) is 6.54 Å². The van der Waals surface area contributed by atoms with Crippen LogP contribution in [0.15, 0.2) is 30.5 Å². The number of nitrogens with one attached hydrogen (secondary N) is 1. The number of hydrogen-bond acceptors (Lipinski definition) is 7. The van der Waals surface area contributed by atoms with Crippen molar-refractivity contribution in [1.29, 1.82) is 0 Å². The monoisotopic (exact) mass is 410 g/mol. The molecule has 8 heteroatoms. The van der Waals surface area contributed by atoms with Gasteiger partial charge in [0.1, 0.15) is 11.9 Å². The molecule has 0 spiro atoms. The Labute approximate surface area is 177 Å². The van der Waals surface area contributed by atoms with Gasteiger partial charge in [0.15, 0.2) is 5.65 Å². The summed E-state index contributed by atoms with van der Waals surface area (Å²) in [5, 5.41) is 7.92. The Balaban J connectivity index is 1.61. The van der Waals surface area contributed by atoms with Gasteiger partial charge in [0.05, 0.1) is 13.3 Å². The Morgan fingerprint density at radius 2 is 2.00 bits per heavy atom. The molecule has 0 radical (unpaired) electrons.